The summed E-state index contributed by atoms with van der Waals surface area (Å²) in [6.07, 6.45) is 0. The summed E-state index contributed by atoms with van der Waals surface area (Å²) in [4.78, 5) is 17.8. The number of anilines is 1. The largest absolute Gasteiger partial charge is 0.497 e. The lowest BCUT2D eigenvalue weighted by atomic mass is 10.2. The molecule has 1 unspecified atom stereocenters. The Kier molecular flexibility index (Phi) is 7.00. The summed E-state index contributed by atoms with van der Waals surface area (Å²) in [5, 5.41) is 5.41. The van der Waals surface area contributed by atoms with E-state index in [0.717, 1.165) is 34.2 Å². The van der Waals surface area contributed by atoms with Crippen molar-refractivity contribution in [3.63, 3.8) is 0 Å². The number of carbonyl (C=O) groups excluding carboxylic acids is 1. The zero-order chi connectivity index (χ0) is 19.8. The van der Waals surface area contributed by atoms with Crippen molar-refractivity contribution in [3.05, 3.63) is 60.0 Å². The highest BCUT2D eigenvalue weighted by atomic mass is 32.1. The number of quaternary nitrogens is 1. The van der Waals surface area contributed by atoms with E-state index in [9.17, 15) is 4.79 Å². The first-order valence-electron chi connectivity index (χ1n) is 9.03. The SMILES string of the molecule is COc1ccc(-c2csc(NC(=O)C[NH+](C)CCOc3ccccc3)n2)cc1. The Morgan fingerprint density at radius 3 is 2.57 bits per heavy atom. The first-order chi connectivity index (χ1) is 13.6. The molecule has 3 aromatic rings. The van der Waals surface area contributed by atoms with Gasteiger partial charge in [0.25, 0.3) is 5.91 Å². The van der Waals surface area contributed by atoms with Crippen LogP contribution in [0.25, 0.3) is 11.3 Å². The van der Waals surface area contributed by atoms with E-state index < -0.39 is 0 Å². The van der Waals surface area contributed by atoms with Crippen LogP contribution in [0, 0.1) is 0 Å². The van der Waals surface area contributed by atoms with Gasteiger partial charge in [0, 0.05) is 10.9 Å². The minimum absolute atomic E-state index is 0.0622. The minimum Gasteiger partial charge on any atom is -0.497 e. The quantitative estimate of drug-likeness (QED) is 0.581. The van der Waals surface area contributed by atoms with Gasteiger partial charge in [0.05, 0.1) is 19.9 Å². The number of benzene rings is 2. The fourth-order valence-corrected chi connectivity index (χ4v) is 3.35. The Morgan fingerprint density at radius 2 is 1.86 bits per heavy atom. The summed E-state index contributed by atoms with van der Waals surface area (Å²) in [5.41, 5.74) is 1.82. The van der Waals surface area contributed by atoms with E-state index in [1.54, 1.807) is 7.11 Å². The molecule has 1 atom stereocenters. The van der Waals surface area contributed by atoms with Crippen molar-refractivity contribution >= 4 is 22.4 Å². The van der Waals surface area contributed by atoms with Crippen LogP contribution in [0.3, 0.4) is 0 Å². The molecule has 28 heavy (non-hydrogen) atoms. The summed E-state index contributed by atoms with van der Waals surface area (Å²) in [7, 11) is 3.61. The monoisotopic (exact) mass is 398 g/mol. The standard InChI is InChI=1S/C21H23N3O3S/c1-24(12-13-27-18-6-4-3-5-7-18)14-20(25)23-21-22-19(15-28-21)16-8-10-17(26-2)11-9-16/h3-11,15H,12-14H2,1-2H3,(H,22,23,25)/p+1. The molecule has 0 aliphatic carbocycles. The smallest absolute Gasteiger partial charge is 0.281 e. The molecule has 1 aromatic heterocycles. The number of likely N-dealkylation sites (N-methyl/N-ethyl adjacent to an activating group) is 1. The van der Waals surface area contributed by atoms with Crippen molar-refractivity contribution < 1.29 is 19.2 Å². The molecule has 2 aromatic carbocycles. The van der Waals surface area contributed by atoms with Gasteiger partial charge in [-0.15, -0.1) is 11.3 Å². The van der Waals surface area contributed by atoms with Gasteiger partial charge in [-0.1, -0.05) is 18.2 Å². The molecule has 0 bridgehead atoms. The second-order valence-corrected chi connectivity index (χ2v) is 7.22. The third-order valence-electron chi connectivity index (χ3n) is 4.14. The third kappa shape index (κ3) is 5.80. The predicted molar refractivity (Wildman–Crippen MR) is 111 cm³/mol. The fourth-order valence-electron chi connectivity index (χ4n) is 2.61. The third-order valence-corrected chi connectivity index (χ3v) is 4.90. The number of carbonyl (C=O) groups is 1. The highest BCUT2D eigenvalue weighted by Crippen LogP contribution is 2.26. The highest BCUT2D eigenvalue weighted by Gasteiger charge is 2.13. The van der Waals surface area contributed by atoms with Crippen LogP contribution in [-0.2, 0) is 4.79 Å². The van der Waals surface area contributed by atoms with Gasteiger partial charge < -0.3 is 14.4 Å². The number of nitrogens with zero attached hydrogens (tertiary/aromatic N) is 1. The molecule has 3 rings (SSSR count). The molecular formula is C21H24N3O3S+. The van der Waals surface area contributed by atoms with Gasteiger partial charge in [-0.2, -0.15) is 0 Å². The number of hydrogen-bond donors (Lipinski definition) is 2. The average Bonchev–Trinajstić information content (AvgIpc) is 3.17. The molecule has 146 valence electrons. The van der Waals surface area contributed by atoms with E-state index in [0.29, 0.717) is 18.3 Å². The summed E-state index contributed by atoms with van der Waals surface area (Å²) in [6.45, 7) is 1.65. The normalized spacial score (nSPS) is 11.6. The van der Waals surface area contributed by atoms with Crippen LogP contribution in [0.5, 0.6) is 11.5 Å². The molecule has 1 amide bonds. The van der Waals surface area contributed by atoms with Crippen molar-refractivity contribution in [2.45, 2.75) is 0 Å². The molecule has 2 N–H and O–H groups in total. The maximum Gasteiger partial charge on any atom is 0.281 e. The predicted octanol–water partition coefficient (Wildman–Crippen LogP) is 2.35. The number of para-hydroxylation sites is 1. The first kappa shape index (κ1) is 19.9. The number of amides is 1. The van der Waals surface area contributed by atoms with E-state index in [1.807, 2.05) is 67.0 Å². The van der Waals surface area contributed by atoms with E-state index in [2.05, 4.69) is 10.3 Å². The van der Waals surface area contributed by atoms with Gasteiger partial charge in [0.1, 0.15) is 24.7 Å². The highest BCUT2D eigenvalue weighted by molar-refractivity contribution is 7.14. The number of thiazole rings is 1. The molecule has 0 saturated carbocycles. The van der Waals surface area contributed by atoms with Crippen molar-refractivity contribution in [2.75, 3.05) is 39.2 Å². The number of nitrogens with one attached hydrogen (secondary N) is 2. The van der Waals surface area contributed by atoms with Gasteiger partial charge in [-0.25, -0.2) is 4.98 Å². The van der Waals surface area contributed by atoms with Crippen LogP contribution < -0.4 is 19.7 Å². The van der Waals surface area contributed by atoms with Gasteiger partial charge in [-0.05, 0) is 36.4 Å². The molecular weight excluding hydrogens is 374 g/mol. The zero-order valence-corrected chi connectivity index (χ0v) is 16.8. The molecule has 0 saturated heterocycles. The summed E-state index contributed by atoms with van der Waals surface area (Å²) in [6, 6.07) is 17.4. The second kappa shape index (κ2) is 9.87. The van der Waals surface area contributed by atoms with Crippen LogP contribution in [-0.4, -0.2) is 44.7 Å². The molecule has 0 aliphatic rings. The van der Waals surface area contributed by atoms with E-state index >= 15 is 0 Å². The topological polar surface area (TPSA) is 64.9 Å². The number of rotatable bonds is 9. The Hall–Kier alpha value is -2.90. The van der Waals surface area contributed by atoms with Crippen LogP contribution >= 0.6 is 11.3 Å². The maximum atomic E-state index is 12.3. The van der Waals surface area contributed by atoms with Crippen LogP contribution in [0.4, 0.5) is 5.13 Å². The lowest BCUT2D eigenvalue weighted by Gasteiger charge is -2.13. The van der Waals surface area contributed by atoms with E-state index in [4.69, 9.17) is 9.47 Å². The number of hydrogen-bond acceptors (Lipinski definition) is 5. The summed E-state index contributed by atoms with van der Waals surface area (Å²) in [5.74, 6) is 1.58. The number of aromatic nitrogens is 1. The number of ether oxygens (including phenoxy) is 2. The lowest BCUT2D eigenvalue weighted by Crippen LogP contribution is -3.10. The van der Waals surface area contributed by atoms with Crippen molar-refractivity contribution in [2.24, 2.45) is 0 Å². The van der Waals surface area contributed by atoms with Crippen molar-refractivity contribution in [3.8, 4) is 22.8 Å². The second-order valence-electron chi connectivity index (χ2n) is 6.36. The minimum atomic E-state index is -0.0622. The lowest BCUT2D eigenvalue weighted by molar-refractivity contribution is -0.871. The van der Waals surface area contributed by atoms with E-state index in [1.165, 1.54) is 11.3 Å². The van der Waals surface area contributed by atoms with Crippen molar-refractivity contribution in [1.82, 2.24) is 4.98 Å². The fraction of sp³-hybridized carbons (Fsp3) is 0.238. The Bertz CT molecular complexity index is 881. The molecule has 6 nitrogen and oxygen atoms in total. The van der Waals surface area contributed by atoms with Crippen LogP contribution in [0.2, 0.25) is 0 Å². The molecule has 0 fully saturated rings. The Morgan fingerprint density at radius 1 is 1.11 bits per heavy atom. The van der Waals surface area contributed by atoms with Crippen molar-refractivity contribution in [1.29, 1.82) is 0 Å². The number of methoxy groups -OCH3 is 1. The van der Waals surface area contributed by atoms with Gasteiger partial charge in [0.2, 0.25) is 0 Å². The van der Waals surface area contributed by atoms with E-state index in [-0.39, 0.29) is 5.91 Å². The maximum absolute atomic E-state index is 12.3. The van der Waals surface area contributed by atoms with Crippen LogP contribution in [0.1, 0.15) is 0 Å². The first-order valence-corrected chi connectivity index (χ1v) is 9.91. The summed E-state index contributed by atoms with van der Waals surface area (Å²) >= 11 is 1.42. The Balaban J connectivity index is 1.44. The van der Waals surface area contributed by atoms with Crippen LogP contribution in [0.15, 0.2) is 60.0 Å². The average molecular weight is 399 g/mol. The van der Waals surface area contributed by atoms with Gasteiger partial charge in [0.15, 0.2) is 11.7 Å². The van der Waals surface area contributed by atoms with Gasteiger partial charge in [-0.3, -0.25) is 10.1 Å². The van der Waals surface area contributed by atoms with Gasteiger partial charge >= 0.3 is 0 Å². The molecule has 0 radical (unpaired) electrons. The summed E-state index contributed by atoms with van der Waals surface area (Å²) < 4.78 is 10.8. The Labute approximate surface area is 168 Å². The molecule has 0 aliphatic heterocycles. The molecule has 7 heteroatoms. The molecule has 0 spiro atoms. The zero-order valence-electron chi connectivity index (χ0n) is 16.0. The molecule has 1 heterocycles.